The number of halogens is 1. The van der Waals surface area contributed by atoms with Crippen molar-refractivity contribution < 1.29 is 14.7 Å². The van der Waals surface area contributed by atoms with Crippen molar-refractivity contribution in [1.29, 1.82) is 0 Å². The first-order chi connectivity index (χ1) is 13.4. The summed E-state index contributed by atoms with van der Waals surface area (Å²) in [6.45, 7) is 1.22. The summed E-state index contributed by atoms with van der Waals surface area (Å²) in [5.41, 5.74) is 3.34. The van der Waals surface area contributed by atoms with Gasteiger partial charge in [0.2, 0.25) is 5.91 Å². The Morgan fingerprint density at radius 2 is 1.79 bits per heavy atom. The van der Waals surface area contributed by atoms with Gasteiger partial charge < -0.3 is 9.67 Å². The molecular weight excluding hydrogens is 424 g/mol. The average molecular weight is 439 g/mol. The minimum absolute atomic E-state index is 0.264. The van der Waals surface area contributed by atoms with Crippen molar-refractivity contribution >= 4 is 44.7 Å². The third-order valence-electron chi connectivity index (χ3n) is 4.34. The normalized spacial score (nSPS) is 10.9. The zero-order valence-corrected chi connectivity index (χ0v) is 16.4. The van der Waals surface area contributed by atoms with Crippen LogP contribution in [0.1, 0.15) is 6.92 Å². The highest BCUT2D eigenvalue weighted by Gasteiger charge is 2.21. The second kappa shape index (κ2) is 6.97. The summed E-state index contributed by atoms with van der Waals surface area (Å²) >= 11 is 3.44. The van der Waals surface area contributed by atoms with Crippen molar-refractivity contribution in [2.45, 2.75) is 6.92 Å². The van der Waals surface area contributed by atoms with Gasteiger partial charge in [0.25, 0.3) is 0 Å². The Bertz CT molecular complexity index is 1180. The van der Waals surface area contributed by atoms with Gasteiger partial charge in [-0.2, -0.15) is 0 Å². The summed E-state index contributed by atoms with van der Waals surface area (Å²) in [5.74, 6) is -0.581. The maximum atomic E-state index is 11.9. The number of fused-ring (bicyclic) bond motifs is 1. The lowest BCUT2D eigenvalue weighted by atomic mass is 10.2. The molecule has 2 aromatic carbocycles. The minimum atomic E-state index is -1.33. The number of aromatic nitrogens is 3. The zero-order valence-electron chi connectivity index (χ0n) is 14.8. The molecule has 0 bridgehead atoms. The Morgan fingerprint density at radius 1 is 1.07 bits per heavy atom. The average Bonchev–Trinajstić information content (AvgIpc) is 3.30. The number of carbonyl (C=O) groups excluding carboxylic acids is 1. The van der Waals surface area contributed by atoms with E-state index in [1.54, 1.807) is 18.5 Å². The third kappa shape index (κ3) is 3.18. The summed E-state index contributed by atoms with van der Waals surface area (Å²) in [6.07, 6.45) is 4.05. The number of imidazole rings is 1. The SMILES string of the molecule is CC(=O)N(C(=O)O)c1cc(-n2cccc2)cc(-n2cnc3cc(Br)ccc32)c1. The quantitative estimate of drug-likeness (QED) is 0.506. The van der Waals surface area contributed by atoms with Crippen molar-refractivity contribution in [3.05, 3.63) is 71.7 Å². The molecule has 0 atom stereocenters. The lowest BCUT2D eigenvalue weighted by Gasteiger charge is -2.19. The summed E-state index contributed by atoms with van der Waals surface area (Å²) in [7, 11) is 0. The maximum absolute atomic E-state index is 11.9. The molecule has 0 aliphatic rings. The maximum Gasteiger partial charge on any atom is 0.418 e. The van der Waals surface area contributed by atoms with Gasteiger partial charge in [-0.05, 0) is 48.5 Å². The molecule has 2 amide bonds. The van der Waals surface area contributed by atoms with Crippen molar-refractivity contribution in [2.75, 3.05) is 4.90 Å². The van der Waals surface area contributed by atoms with E-state index in [0.29, 0.717) is 5.69 Å². The molecule has 0 radical (unpaired) electrons. The summed E-state index contributed by atoms with van der Waals surface area (Å²) < 4.78 is 4.63. The van der Waals surface area contributed by atoms with E-state index in [1.807, 2.05) is 57.9 Å². The van der Waals surface area contributed by atoms with Crippen LogP contribution in [-0.4, -0.2) is 31.2 Å². The van der Waals surface area contributed by atoms with Crippen LogP contribution >= 0.6 is 15.9 Å². The number of rotatable bonds is 3. The first-order valence-corrected chi connectivity index (χ1v) is 9.18. The van der Waals surface area contributed by atoms with Crippen molar-refractivity contribution in [3.63, 3.8) is 0 Å². The topological polar surface area (TPSA) is 80.4 Å². The molecule has 140 valence electrons. The molecule has 0 aliphatic carbocycles. The fourth-order valence-electron chi connectivity index (χ4n) is 3.12. The molecule has 1 N–H and O–H groups in total. The van der Waals surface area contributed by atoms with Crippen LogP contribution in [-0.2, 0) is 4.79 Å². The molecule has 0 fully saturated rings. The van der Waals surface area contributed by atoms with E-state index in [9.17, 15) is 14.7 Å². The van der Waals surface area contributed by atoms with Gasteiger partial charge in [-0.15, -0.1) is 0 Å². The summed E-state index contributed by atoms with van der Waals surface area (Å²) in [6, 6.07) is 14.7. The number of amides is 2. The number of carbonyl (C=O) groups is 2. The van der Waals surface area contributed by atoms with E-state index in [2.05, 4.69) is 20.9 Å². The fraction of sp³-hybridized carbons (Fsp3) is 0.0500. The molecule has 4 aromatic rings. The predicted molar refractivity (Wildman–Crippen MR) is 109 cm³/mol. The predicted octanol–water partition coefficient (Wildman–Crippen LogP) is 4.61. The molecule has 28 heavy (non-hydrogen) atoms. The Kier molecular flexibility index (Phi) is 4.48. The highest BCUT2D eigenvalue weighted by Crippen LogP contribution is 2.28. The highest BCUT2D eigenvalue weighted by atomic mass is 79.9. The first-order valence-electron chi connectivity index (χ1n) is 8.39. The molecule has 4 rings (SSSR count). The van der Waals surface area contributed by atoms with Gasteiger partial charge in [0.05, 0.1) is 22.4 Å². The second-order valence-corrected chi connectivity index (χ2v) is 7.10. The van der Waals surface area contributed by atoms with E-state index in [0.717, 1.165) is 26.1 Å². The van der Waals surface area contributed by atoms with E-state index >= 15 is 0 Å². The van der Waals surface area contributed by atoms with E-state index < -0.39 is 12.0 Å². The summed E-state index contributed by atoms with van der Waals surface area (Å²) in [4.78, 5) is 28.8. The lowest BCUT2D eigenvalue weighted by molar-refractivity contribution is -0.116. The minimum Gasteiger partial charge on any atom is -0.464 e. The van der Waals surface area contributed by atoms with E-state index in [4.69, 9.17) is 0 Å². The molecule has 8 heteroatoms. The van der Waals surface area contributed by atoms with Crippen LogP contribution in [0.4, 0.5) is 10.5 Å². The van der Waals surface area contributed by atoms with Crippen molar-refractivity contribution in [3.8, 4) is 11.4 Å². The number of carboxylic acid groups (broad SMARTS) is 1. The zero-order chi connectivity index (χ0) is 19.8. The smallest absolute Gasteiger partial charge is 0.418 e. The number of hydrogen-bond donors (Lipinski definition) is 1. The number of imide groups is 1. The van der Waals surface area contributed by atoms with Crippen LogP contribution in [0.15, 0.2) is 71.7 Å². The Morgan fingerprint density at radius 3 is 2.46 bits per heavy atom. The van der Waals surface area contributed by atoms with Crippen LogP contribution < -0.4 is 4.90 Å². The first kappa shape index (κ1) is 18.0. The molecule has 2 heterocycles. The van der Waals surface area contributed by atoms with Crippen LogP contribution in [0.25, 0.3) is 22.4 Å². The third-order valence-corrected chi connectivity index (χ3v) is 4.83. The Labute approximate surface area is 168 Å². The van der Waals surface area contributed by atoms with Crippen LogP contribution in [0.2, 0.25) is 0 Å². The molecule has 0 saturated heterocycles. The van der Waals surface area contributed by atoms with Gasteiger partial charge in [0.1, 0.15) is 6.33 Å². The second-order valence-electron chi connectivity index (χ2n) is 6.18. The van der Waals surface area contributed by atoms with Gasteiger partial charge in [-0.3, -0.25) is 9.36 Å². The lowest BCUT2D eigenvalue weighted by Crippen LogP contribution is -2.33. The van der Waals surface area contributed by atoms with Gasteiger partial charge >= 0.3 is 6.09 Å². The van der Waals surface area contributed by atoms with Crippen molar-refractivity contribution in [2.24, 2.45) is 0 Å². The van der Waals surface area contributed by atoms with Gasteiger partial charge in [0.15, 0.2) is 0 Å². The van der Waals surface area contributed by atoms with Gasteiger partial charge in [0, 0.05) is 29.5 Å². The molecular formula is C20H15BrN4O3. The van der Waals surface area contributed by atoms with Crippen LogP contribution in [0.3, 0.4) is 0 Å². The molecule has 2 aromatic heterocycles. The fourth-order valence-corrected chi connectivity index (χ4v) is 3.47. The van der Waals surface area contributed by atoms with Gasteiger partial charge in [-0.25, -0.2) is 14.7 Å². The van der Waals surface area contributed by atoms with E-state index in [1.165, 1.54) is 6.92 Å². The molecule has 0 unspecified atom stereocenters. The standard InChI is InChI=1S/C20H15BrN4O3/c1-13(26)25(20(27)28)17-10-15(23-6-2-3-7-23)9-16(11-17)24-12-22-18-8-14(21)4-5-19(18)24/h2-12H,1H3,(H,27,28). The molecule has 0 saturated carbocycles. The Hall–Kier alpha value is -3.39. The number of benzene rings is 2. The largest absolute Gasteiger partial charge is 0.464 e. The van der Waals surface area contributed by atoms with E-state index in [-0.39, 0.29) is 5.69 Å². The van der Waals surface area contributed by atoms with Crippen LogP contribution in [0, 0.1) is 0 Å². The molecule has 7 nitrogen and oxygen atoms in total. The molecule has 0 spiro atoms. The van der Waals surface area contributed by atoms with Gasteiger partial charge in [-0.1, -0.05) is 15.9 Å². The number of anilines is 1. The van der Waals surface area contributed by atoms with Crippen LogP contribution in [0.5, 0.6) is 0 Å². The number of nitrogens with zero attached hydrogens (tertiary/aromatic N) is 4. The number of hydrogen-bond acceptors (Lipinski definition) is 3. The Balaban J connectivity index is 1.95. The monoisotopic (exact) mass is 438 g/mol. The molecule has 0 aliphatic heterocycles. The highest BCUT2D eigenvalue weighted by molar-refractivity contribution is 9.10. The summed E-state index contributed by atoms with van der Waals surface area (Å²) in [5, 5.41) is 9.52. The van der Waals surface area contributed by atoms with Crippen molar-refractivity contribution in [1.82, 2.24) is 14.1 Å².